The summed E-state index contributed by atoms with van der Waals surface area (Å²) in [6, 6.07) is 0. The molecular formula is C8H14N2O. The van der Waals surface area contributed by atoms with Gasteiger partial charge in [0.25, 0.3) is 0 Å². The van der Waals surface area contributed by atoms with Crippen molar-refractivity contribution in [1.82, 2.24) is 9.55 Å². The lowest BCUT2D eigenvalue weighted by molar-refractivity contribution is 0.107. The second kappa shape index (κ2) is 3.53. The molecule has 3 heteroatoms. The van der Waals surface area contributed by atoms with Crippen LogP contribution in [0.25, 0.3) is 0 Å². The lowest BCUT2D eigenvalue weighted by atomic mass is 10.1. The van der Waals surface area contributed by atoms with Crippen LogP contribution in [-0.4, -0.2) is 20.8 Å². The fraction of sp³-hybridized carbons (Fsp3) is 0.625. The molecule has 0 fully saturated rings. The number of imidazole rings is 1. The average Bonchev–Trinajstić information content (AvgIpc) is 2.39. The molecule has 0 amide bonds. The van der Waals surface area contributed by atoms with Gasteiger partial charge in [-0.15, -0.1) is 0 Å². The average molecular weight is 154 g/mol. The van der Waals surface area contributed by atoms with E-state index in [1.165, 1.54) is 0 Å². The maximum atomic E-state index is 9.45. The molecule has 0 saturated carbocycles. The maximum Gasteiger partial charge on any atom is 0.0946 e. The lowest BCUT2D eigenvalue weighted by Gasteiger charge is -2.14. The zero-order valence-electron chi connectivity index (χ0n) is 6.94. The Morgan fingerprint density at radius 2 is 2.27 bits per heavy atom. The number of aliphatic hydroxyl groups is 1. The summed E-state index contributed by atoms with van der Waals surface area (Å²) >= 11 is 0. The first kappa shape index (κ1) is 8.27. The highest BCUT2D eigenvalue weighted by atomic mass is 16.3. The molecule has 0 aromatic carbocycles. The Morgan fingerprint density at radius 3 is 2.73 bits per heavy atom. The van der Waals surface area contributed by atoms with Crippen molar-refractivity contribution < 1.29 is 5.11 Å². The molecule has 1 heterocycles. The van der Waals surface area contributed by atoms with Crippen LogP contribution in [0.5, 0.6) is 0 Å². The third-order valence-electron chi connectivity index (χ3n) is 1.73. The molecule has 0 aliphatic heterocycles. The highest BCUT2D eigenvalue weighted by Crippen LogP contribution is 2.03. The summed E-state index contributed by atoms with van der Waals surface area (Å²) in [6.45, 7) is 4.64. The van der Waals surface area contributed by atoms with Crippen molar-refractivity contribution in [2.24, 2.45) is 5.92 Å². The van der Waals surface area contributed by atoms with Crippen LogP contribution >= 0.6 is 0 Å². The summed E-state index contributed by atoms with van der Waals surface area (Å²) in [7, 11) is 0. The van der Waals surface area contributed by atoms with Crippen molar-refractivity contribution in [3.63, 3.8) is 0 Å². The van der Waals surface area contributed by atoms with Crippen molar-refractivity contribution in [3.05, 3.63) is 18.7 Å². The molecule has 1 rings (SSSR count). The first-order chi connectivity index (χ1) is 5.20. The normalized spacial score (nSPS) is 13.8. The minimum atomic E-state index is -0.274. The first-order valence-corrected chi connectivity index (χ1v) is 3.84. The van der Waals surface area contributed by atoms with Gasteiger partial charge >= 0.3 is 0 Å². The van der Waals surface area contributed by atoms with Gasteiger partial charge in [-0.3, -0.25) is 0 Å². The van der Waals surface area contributed by atoms with E-state index in [9.17, 15) is 5.11 Å². The van der Waals surface area contributed by atoms with E-state index in [0.717, 1.165) is 0 Å². The van der Waals surface area contributed by atoms with Gasteiger partial charge in [-0.2, -0.15) is 0 Å². The third kappa shape index (κ3) is 2.35. The maximum absolute atomic E-state index is 9.45. The molecule has 0 bridgehead atoms. The van der Waals surface area contributed by atoms with E-state index in [0.29, 0.717) is 12.5 Å². The van der Waals surface area contributed by atoms with Gasteiger partial charge in [-0.05, 0) is 5.92 Å². The minimum Gasteiger partial charge on any atom is -0.391 e. The molecule has 1 aromatic heterocycles. The Morgan fingerprint density at radius 1 is 1.55 bits per heavy atom. The quantitative estimate of drug-likeness (QED) is 0.702. The zero-order valence-corrected chi connectivity index (χ0v) is 6.94. The molecule has 3 nitrogen and oxygen atoms in total. The van der Waals surface area contributed by atoms with Gasteiger partial charge < -0.3 is 9.67 Å². The summed E-state index contributed by atoms with van der Waals surface area (Å²) in [6.07, 6.45) is 5.01. The van der Waals surface area contributed by atoms with E-state index in [2.05, 4.69) is 4.98 Å². The predicted octanol–water partition coefficient (Wildman–Crippen LogP) is 0.900. The van der Waals surface area contributed by atoms with Gasteiger partial charge in [0, 0.05) is 18.9 Å². The zero-order chi connectivity index (χ0) is 8.27. The molecule has 0 radical (unpaired) electrons. The Bertz CT molecular complexity index is 194. The smallest absolute Gasteiger partial charge is 0.0946 e. The van der Waals surface area contributed by atoms with Gasteiger partial charge in [-0.25, -0.2) is 4.98 Å². The van der Waals surface area contributed by atoms with Crippen molar-refractivity contribution in [2.45, 2.75) is 26.5 Å². The summed E-state index contributed by atoms with van der Waals surface area (Å²) in [5.74, 6) is 0.303. The van der Waals surface area contributed by atoms with Crippen LogP contribution in [-0.2, 0) is 6.54 Å². The predicted molar refractivity (Wildman–Crippen MR) is 43.1 cm³/mol. The van der Waals surface area contributed by atoms with Crippen LogP contribution in [0.2, 0.25) is 0 Å². The number of hydrogen-bond donors (Lipinski definition) is 1. The van der Waals surface area contributed by atoms with Crippen LogP contribution in [0.1, 0.15) is 13.8 Å². The van der Waals surface area contributed by atoms with Crippen molar-refractivity contribution in [1.29, 1.82) is 0 Å². The number of nitrogens with zero attached hydrogens (tertiary/aromatic N) is 2. The molecule has 0 aliphatic carbocycles. The highest BCUT2D eigenvalue weighted by molar-refractivity contribution is 4.76. The lowest BCUT2D eigenvalue weighted by Crippen LogP contribution is -2.20. The number of rotatable bonds is 3. The first-order valence-electron chi connectivity index (χ1n) is 3.84. The molecule has 0 aliphatic rings. The van der Waals surface area contributed by atoms with E-state index < -0.39 is 0 Å². The summed E-state index contributed by atoms with van der Waals surface area (Å²) in [5, 5.41) is 9.45. The van der Waals surface area contributed by atoms with Gasteiger partial charge in [-0.1, -0.05) is 13.8 Å². The number of hydrogen-bond acceptors (Lipinski definition) is 2. The Balaban J connectivity index is 2.43. The van der Waals surface area contributed by atoms with Crippen LogP contribution < -0.4 is 0 Å². The van der Waals surface area contributed by atoms with Gasteiger partial charge in [0.2, 0.25) is 0 Å². The van der Waals surface area contributed by atoms with Gasteiger partial charge in [0.05, 0.1) is 12.4 Å². The topological polar surface area (TPSA) is 38.0 Å². The number of aliphatic hydroxyl groups excluding tert-OH is 1. The fourth-order valence-electron chi connectivity index (χ4n) is 0.822. The number of aromatic nitrogens is 2. The van der Waals surface area contributed by atoms with E-state index in [1.807, 2.05) is 24.6 Å². The minimum absolute atomic E-state index is 0.274. The van der Waals surface area contributed by atoms with E-state index in [1.54, 1.807) is 12.5 Å². The molecule has 11 heavy (non-hydrogen) atoms. The molecule has 0 saturated heterocycles. The summed E-state index contributed by atoms with van der Waals surface area (Å²) in [4.78, 5) is 3.89. The largest absolute Gasteiger partial charge is 0.391 e. The Kier molecular flexibility index (Phi) is 2.65. The van der Waals surface area contributed by atoms with Crippen LogP contribution in [0.15, 0.2) is 18.7 Å². The SMILES string of the molecule is CC(C)[C@@H](O)Cn1ccnc1. The third-order valence-corrected chi connectivity index (χ3v) is 1.73. The highest BCUT2D eigenvalue weighted by Gasteiger charge is 2.08. The standard InChI is InChI=1S/C8H14N2O/c1-7(2)8(11)5-10-4-3-9-6-10/h3-4,6-8,11H,5H2,1-2H3/t8-/m0/s1. The second-order valence-corrected chi connectivity index (χ2v) is 3.07. The second-order valence-electron chi connectivity index (χ2n) is 3.07. The molecule has 1 N–H and O–H groups in total. The Labute approximate surface area is 66.7 Å². The summed E-state index contributed by atoms with van der Waals surface area (Å²) in [5.41, 5.74) is 0. The summed E-state index contributed by atoms with van der Waals surface area (Å²) < 4.78 is 1.88. The van der Waals surface area contributed by atoms with Crippen molar-refractivity contribution in [3.8, 4) is 0 Å². The van der Waals surface area contributed by atoms with E-state index in [-0.39, 0.29) is 6.10 Å². The molecule has 0 unspecified atom stereocenters. The van der Waals surface area contributed by atoms with E-state index >= 15 is 0 Å². The van der Waals surface area contributed by atoms with Crippen LogP contribution in [0, 0.1) is 5.92 Å². The van der Waals surface area contributed by atoms with Crippen LogP contribution in [0.3, 0.4) is 0 Å². The van der Waals surface area contributed by atoms with Gasteiger partial charge in [0.1, 0.15) is 0 Å². The van der Waals surface area contributed by atoms with E-state index in [4.69, 9.17) is 0 Å². The Hall–Kier alpha value is -0.830. The van der Waals surface area contributed by atoms with Crippen LogP contribution in [0.4, 0.5) is 0 Å². The van der Waals surface area contributed by atoms with Crippen molar-refractivity contribution >= 4 is 0 Å². The molecular weight excluding hydrogens is 140 g/mol. The molecule has 1 aromatic rings. The van der Waals surface area contributed by atoms with Gasteiger partial charge in [0.15, 0.2) is 0 Å². The fourth-order valence-corrected chi connectivity index (χ4v) is 0.822. The molecule has 62 valence electrons. The molecule has 1 atom stereocenters. The van der Waals surface area contributed by atoms with Crippen molar-refractivity contribution in [2.75, 3.05) is 0 Å². The monoisotopic (exact) mass is 154 g/mol. The molecule has 0 spiro atoms.